The van der Waals surface area contributed by atoms with Crippen molar-refractivity contribution < 1.29 is 22.7 Å². The number of halogens is 1. The Morgan fingerprint density at radius 2 is 1.90 bits per heavy atom. The summed E-state index contributed by atoms with van der Waals surface area (Å²) in [5, 5.41) is 5.44. The highest BCUT2D eigenvalue weighted by Gasteiger charge is 2.64. The van der Waals surface area contributed by atoms with Crippen LogP contribution in [-0.4, -0.2) is 80.9 Å². The number of hydrogen-bond donors (Lipinski definition) is 2. The Morgan fingerprint density at radius 1 is 1.10 bits per heavy atom. The van der Waals surface area contributed by atoms with Crippen LogP contribution in [0.3, 0.4) is 0 Å². The van der Waals surface area contributed by atoms with Crippen LogP contribution in [0.25, 0.3) is 22.2 Å². The Balaban J connectivity index is 1.26. The van der Waals surface area contributed by atoms with E-state index in [9.17, 15) is 13.2 Å². The van der Waals surface area contributed by atoms with Crippen LogP contribution < -0.4 is 14.8 Å². The van der Waals surface area contributed by atoms with Crippen molar-refractivity contribution in [3.8, 4) is 17.0 Å². The molecule has 51 heavy (non-hydrogen) atoms. The van der Waals surface area contributed by atoms with Crippen LogP contribution >= 0.6 is 11.6 Å². The maximum atomic E-state index is 15.0. The van der Waals surface area contributed by atoms with Gasteiger partial charge in [-0.3, -0.25) is 9.59 Å². The van der Waals surface area contributed by atoms with E-state index < -0.39 is 21.5 Å². The van der Waals surface area contributed by atoms with Gasteiger partial charge < -0.3 is 19.5 Å². The monoisotopic (exact) mass is 731 g/mol. The number of hydrogen-bond acceptors (Lipinski definition) is 6. The summed E-state index contributed by atoms with van der Waals surface area (Å²) in [4.78, 5) is 30.5. The fourth-order valence-corrected chi connectivity index (χ4v) is 9.99. The molecule has 4 atom stereocenters. The van der Waals surface area contributed by atoms with E-state index in [0.717, 1.165) is 81.3 Å². The third-order valence-corrected chi connectivity index (χ3v) is 13.6. The number of carbonyl (C=O) groups is 2. The quantitative estimate of drug-likeness (QED) is 0.314. The van der Waals surface area contributed by atoms with Crippen molar-refractivity contribution in [2.45, 2.75) is 69.4 Å². The minimum absolute atomic E-state index is 0.0151. The molecule has 3 heterocycles. The molecule has 0 bridgehead atoms. The number of methoxy groups -OCH3 is 1. The van der Waals surface area contributed by atoms with Gasteiger partial charge in [0.15, 0.2) is 0 Å². The first kappa shape index (κ1) is 34.4. The number of carbonyl (C=O) groups excluding carboxylic acids is 2. The third kappa shape index (κ3) is 5.99. The zero-order chi connectivity index (χ0) is 35.7. The number of allylic oxidation sites excluding steroid dienone is 3. The molecule has 0 radical (unpaired) electrons. The number of amides is 2. The van der Waals surface area contributed by atoms with Gasteiger partial charge in [0, 0.05) is 79.3 Å². The summed E-state index contributed by atoms with van der Waals surface area (Å²) in [5.41, 5.74) is 5.07. The van der Waals surface area contributed by atoms with Crippen LogP contribution in [0.15, 0.2) is 59.7 Å². The van der Waals surface area contributed by atoms with E-state index in [-0.39, 0.29) is 29.3 Å². The predicted octanol–water partition coefficient (Wildman–Crippen LogP) is 5.89. The lowest BCUT2D eigenvalue weighted by molar-refractivity contribution is -0.139. The van der Waals surface area contributed by atoms with Crippen molar-refractivity contribution in [3.05, 3.63) is 76.3 Å². The minimum Gasteiger partial charge on any atom is -0.497 e. The van der Waals surface area contributed by atoms with E-state index >= 15 is 4.79 Å². The highest BCUT2D eigenvalue weighted by molar-refractivity contribution is 7.87. The Bertz CT molecular complexity index is 2080. The molecule has 270 valence electrons. The van der Waals surface area contributed by atoms with Gasteiger partial charge >= 0.3 is 10.2 Å². The van der Waals surface area contributed by atoms with Crippen molar-refractivity contribution in [1.29, 1.82) is 0 Å². The SMILES string of the molecule is COc1ccc2c(c1)C1CC1(C(=O)N1CCNC(C3C=C(Cl)C=CC3)C1)Cn1c-2c(C2CCCCC2)c2ccc(C(=O)NS(=O)(=O)N(C)C)cc21. The number of aromatic nitrogens is 1. The standard InChI is InChI=1S/C39H46ClN5O5S/c1-43(2)51(48,49)42-37(46)26-12-14-30-34(19-26)45-23-39(38(47)44-17-16-41-33(22-44)25-10-7-11-27(40)18-25)21-32(39)31-20-28(50-3)13-15-29(31)36(45)35(30)24-8-5-4-6-9-24/h7,11-15,18-20,24-25,32-33,41H,4-6,8-10,16-17,21-23H2,1-3H3,(H,42,46). The molecule has 2 saturated carbocycles. The zero-order valence-corrected chi connectivity index (χ0v) is 31.0. The van der Waals surface area contributed by atoms with Gasteiger partial charge in [0.25, 0.3) is 5.91 Å². The van der Waals surface area contributed by atoms with Gasteiger partial charge in [0.1, 0.15) is 5.75 Å². The van der Waals surface area contributed by atoms with Gasteiger partial charge in [0.05, 0.1) is 18.2 Å². The summed E-state index contributed by atoms with van der Waals surface area (Å²) in [6.07, 6.45) is 13.4. The Kier molecular flexibility index (Phi) is 8.84. The maximum Gasteiger partial charge on any atom is 0.303 e. The number of nitrogens with one attached hydrogen (secondary N) is 2. The normalized spacial score (nSPS) is 26.2. The largest absolute Gasteiger partial charge is 0.497 e. The van der Waals surface area contributed by atoms with Crippen molar-refractivity contribution in [3.63, 3.8) is 0 Å². The molecule has 3 aromatic rings. The number of piperazine rings is 1. The molecule has 3 fully saturated rings. The lowest BCUT2D eigenvalue weighted by Gasteiger charge is -2.39. The summed E-state index contributed by atoms with van der Waals surface area (Å²) in [5.74, 6) is 0.801. The summed E-state index contributed by atoms with van der Waals surface area (Å²) >= 11 is 6.40. The first-order valence-corrected chi connectivity index (χ1v) is 20.0. The van der Waals surface area contributed by atoms with Gasteiger partial charge in [-0.1, -0.05) is 49.1 Å². The molecule has 0 spiro atoms. The maximum absolute atomic E-state index is 15.0. The molecular weight excluding hydrogens is 686 g/mol. The number of fused-ring (bicyclic) bond motifs is 7. The van der Waals surface area contributed by atoms with Crippen molar-refractivity contribution >= 4 is 44.5 Å². The van der Waals surface area contributed by atoms with E-state index in [1.807, 2.05) is 24.3 Å². The average molecular weight is 732 g/mol. The highest BCUT2D eigenvalue weighted by atomic mass is 35.5. The molecule has 2 aromatic carbocycles. The Labute approximate surface area is 305 Å². The first-order chi connectivity index (χ1) is 24.5. The van der Waals surface area contributed by atoms with Gasteiger partial charge in [-0.05, 0) is 85.1 Å². The van der Waals surface area contributed by atoms with Crippen LogP contribution in [-0.2, 0) is 21.5 Å². The minimum atomic E-state index is -3.99. The molecule has 2 amide bonds. The number of benzene rings is 2. The van der Waals surface area contributed by atoms with Crippen LogP contribution in [0.4, 0.5) is 0 Å². The van der Waals surface area contributed by atoms with Gasteiger partial charge in [-0.25, -0.2) is 4.72 Å². The van der Waals surface area contributed by atoms with E-state index in [1.54, 1.807) is 13.2 Å². The zero-order valence-electron chi connectivity index (χ0n) is 29.5. The lowest BCUT2D eigenvalue weighted by Crippen LogP contribution is -2.57. The van der Waals surface area contributed by atoms with Gasteiger partial charge in [-0.15, -0.1) is 0 Å². The predicted molar refractivity (Wildman–Crippen MR) is 199 cm³/mol. The fraction of sp³-hybridized carbons (Fsp3) is 0.487. The lowest BCUT2D eigenvalue weighted by atomic mass is 9.81. The van der Waals surface area contributed by atoms with Crippen LogP contribution in [0.5, 0.6) is 5.75 Å². The topological polar surface area (TPSA) is 113 Å². The van der Waals surface area contributed by atoms with Gasteiger partial charge in [0.2, 0.25) is 5.91 Å². The molecule has 12 heteroatoms. The molecule has 1 saturated heterocycles. The molecule has 1 aromatic heterocycles. The molecule has 2 aliphatic heterocycles. The average Bonchev–Trinajstić information content (AvgIpc) is 3.81. The molecule has 4 unspecified atom stereocenters. The van der Waals surface area contributed by atoms with Crippen molar-refractivity contribution in [1.82, 2.24) is 23.8 Å². The Hall–Kier alpha value is -3.64. The number of rotatable bonds is 7. The second kappa shape index (κ2) is 13.1. The smallest absolute Gasteiger partial charge is 0.303 e. The fourth-order valence-electron chi connectivity index (χ4n) is 9.20. The van der Waals surface area contributed by atoms with E-state index in [1.165, 1.54) is 26.1 Å². The third-order valence-electron chi connectivity index (χ3n) is 12.0. The number of ether oxygens (including phenoxy) is 1. The highest BCUT2D eigenvalue weighted by Crippen LogP contribution is 2.66. The van der Waals surface area contributed by atoms with Crippen molar-refractivity contribution in [2.75, 3.05) is 40.8 Å². The van der Waals surface area contributed by atoms with Crippen molar-refractivity contribution in [2.24, 2.45) is 11.3 Å². The van der Waals surface area contributed by atoms with Gasteiger partial charge in [-0.2, -0.15) is 12.7 Å². The number of nitrogens with zero attached hydrogens (tertiary/aromatic N) is 3. The molecule has 8 rings (SSSR count). The molecule has 10 nitrogen and oxygen atoms in total. The Morgan fingerprint density at radius 3 is 2.65 bits per heavy atom. The molecular formula is C39H46ClN5O5S. The van der Waals surface area contributed by atoms with Crippen LogP contribution in [0, 0.1) is 11.3 Å². The van der Waals surface area contributed by atoms with E-state index in [0.29, 0.717) is 32.1 Å². The molecule has 3 aliphatic carbocycles. The second-order valence-corrected chi connectivity index (χ2v) is 17.5. The van der Waals surface area contributed by atoms with E-state index in [2.05, 4.69) is 43.8 Å². The summed E-state index contributed by atoms with van der Waals surface area (Å²) in [6.45, 7) is 2.42. The first-order valence-electron chi connectivity index (χ1n) is 18.2. The second-order valence-electron chi connectivity index (χ2n) is 15.2. The molecule has 5 aliphatic rings. The van der Waals surface area contributed by atoms with Crippen LogP contribution in [0.1, 0.15) is 78.3 Å². The molecule has 2 N–H and O–H groups in total. The summed E-state index contributed by atoms with van der Waals surface area (Å²) in [7, 11) is 0.462. The summed E-state index contributed by atoms with van der Waals surface area (Å²) in [6, 6.07) is 11.9. The van der Waals surface area contributed by atoms with Crippen LogP contribution in [0.2, 0.25) is 0 Å². The summed E-state index contributed by atoms with van der Waals surface area (Å²) < 4.78 is 36.5. The van der Waals surface area contributed by atoms with E-state index in [4.69, 9.17) is 16.3 Å².